The van der Waals surface area contributed by atoms with Gasteiger partial charge in [-0.2, -0.15) is 4.98 Å². The summed E-state index contributed by atoms with van der Waals surface area (Å²) in [6, 6.07) is 13.6. The third kappa shape index (κ3) is 3.47. The molecule has 6 heteroatoms. The molecule has 27 heavy (non-hydrogen) atoms. The molecule has 1 aromatic heterocycles. The molecule has 0 saturated carbocycles. The fourth-order valence-electron chi connectivity index (χ4n) is 3.41. The van der Waals surface area contributed by atoms with Gasteiger partial charge >= 0.3 is 0 Å². The number of piperidine rings is 1. The fraction of sp³-hybridized carbons (Fsp3) is 0.286. The lowest BCUT2D eigenvalue weighted by molar-refractivity contribution is 0.0556. The van der Waals surface area contributed by atoms with Crippen molar-refractivity contribution < 1.29 is 13.7 Å². The second kappa shape index (κ2) is 7.31. The van der Waals surface area contributed by atoms with Crippen LogP contribution in [0.25, 0.3) is 11.4 Å². The van der Waals surface area contributed by atoms with E-state index in [2.05, 4.69) is 10.1 Å². The normalized spacial score (nSPS) is 17.1. The van der Waals surface area contributed by atoms with Gasteiger partial charge in [-0.25, -0.2) is 4.39 Å². The summed E-state index contributed by atoms with van der Waals surface area (Å²) in [6.07, 6.45) is 2.54. The van der Waals surface area contributed by atoms with Crippen molar-refractivity contribution in [2.75, 3.05) is 6.54 Å². The summed E-state index contributed by atoms with van der Waals surface area (Å²) in [5, 5.41) is 4.08. The number of carbonyl (C=O) groups is 1. The fourth-order valence-corrected chi connectivity index (χ4v) is 3.41. The molecular formula is C21H20FN3O2. The van der Waals surface area contributed by atoms with Gasteiger partial charge in [0, 0.05) is 12.1 Å². The Morgan fingerprint density at radius 2 is 1.93 bits per heavy atom. The van der Waals surface area contributed by atoms with Crippen LogP contribution < -0.4 is 0 Å². The Bertz CT molecular complexity index is 952. The Balaban J connectivity index is 1.62. The lowest BCUT2D eigenvalue weighted by Crippen LogP contribution is -2.39. The largest absolute Gasteiger partial charge is 0.337 e. The van der Waals surface area contributed by atoms with Gasteiger partial charge in [0.05, 0.1) is 5.56 Å². The molecule has 0 aliphatic carbocycles. The number of rotatable bonds is 3. The maximum absolute atomic E-state index is 14.1. The predicted octanol–water partition coefficient (Wildman–Crippen LogP) is 4.55. The Morgan fingerprint density at radius 1 is 1.15 bits per heavy atom. The average molecular weight is 365 g/mol. The number of amides is 1. The molecule has 0 spiro atoms. The van der Waals surface area contributed by atoms with Crippen molar-refractivity contribution in [1.82, 2.24) is 15.0 Å². The highest BCUT2D eigenvalue weighted by Crippen LogP contribution is 2.32. The van der Waals surface area contributed by atoms with Gasteiger partial charge in [-0.1, -0.05) is 47.1 Å². The highest BCUT2D eigenvalue weighted by molar-refractivity contribution is 5.94. The molecular weight excluding hydrogens is 345 g/mol. The molecule has 0 N–H and O–H groups in total. The molecule has 2 aromatic carbocycles. The van der Waals surface area contributed by atoms with E-state index < -0.39 is 5.82 Å². The van der Waals surface area contributed by atoms with Gasteiger partial charge in [0.15, 0.2) is 0 Å². The lowest BCUT2D eigenvalue weighted by Gasteiger charge is -2.33. The highest BCUT2D eigenvalue weighted by Gasteiger charge is 2.33. The maximum Gasteiger partial charge on any atom is 0.257 e. The summed E-state index contributed by atoms with van der Waals surface area (Å²) in [6.45, 7) is 2.56. The van der Waals surface area contributed by atoms with Crippen molar-refractivity contribution in [2.24, 2.45) is 0 Å². The van der Waals surface area contributed by atoms with Crippen LogP contribution in [0.1, 0.15) is 47.1 Å². The second-order valence-electron chi connectivity index (χ2n) is 6.81. The van der Waals surface area contributed by atoms with Crippen molar-refractivity contribution in [1.29, 1.82) is 0 Å². The molecule has 1 saturated heterocycles. The van der Waals surface area contributed by atoms with Crippen LogP contribution in [-0.2, 0) is 0 Å². The Hall–Kier alpha value is -3.02. The maximum atomic E-state index is 14.1. The molecule has 0 unspecified atom stereocenters. The van der Waals surface area contributed by atoms with Gasteiger partial charge in [-0.15, -0.1) is 0 Å². The summed E-state index contributed by atoms with van der Waals surface area (Å²) in [7, 11) is 0. The number of aromatic nitrogens is 2. The van der Waals surface area contributed by atoms with E-state index in [4.69, 9.17) is 4.52 Å². The van der Waals surface area contributed by atoms with Gasteiger partial charge in [0.2, 0.25) is 11.7 Å². The topological polar surface area (TPSA) is 59.2 Å². The molecule has 1 aliphatic heterocycles. The SMILES string of the molecule is Cc1ccc(-c2noc([C@@H]3CCCCN3C(=O)c3ccccc3F)n2)cc1. The second-order valence-corrected chi connectivity index (χ2v) is 6.81. The number of hydrogen-bond donors (Lipinski definition) is 0. The van der Waals surface area contributed by atoms with Crippen molar-refractivity contribution in [3.63, 3.8) is 0 Å². The van der Waals surface area contributed by atoms with E-state index in [9.17, 15) is 9.18 Å². The van der Waals surface area contributed by atoms with Gasteiger partial charge < -0.3 is 9.42 Å². The first kappa shape index (κ1) is 17.4. The lowest BCUT2D eigenvalue weighted by atomic mass is 10.0. The first-order valence-electron chi connectivity index (χ1n) is 9.09. The first-order valence-corrected chi connectivity index (χ1v) is 9.09. The molecule has 1 aliphatic rings. The highest BCUT2D eigenvalue weighted by atomic mass is 19.1. The summed E-state index contributed by atoms with van der Waals surface area (Å²) in [5.74, 6) is 0.0365. The molecule has 0 radical (unpaired) electrons. The Kier molecular flexibility index (Phi) is 4.71. The predicted molar refractivity (Wildman–Crippen MR) is 98.5 cm³/mol. The Morgan fingerprint density at radius 3 is 2.70 bits per heavy atom. The summed E-state index contributed by atoms with van der Waals surface area (Å²) < 4.78 is 19.6. The third-order valence-corrected chi connectivity index (χ3v) is 4.90. The van der Waals surface area contributed by atoms with Crippen LogP contribution in [0.3, 0.4) is 0 Å². The molecule has 1 atom stereocenters. The van der Waals surface area contributed by atoms with Crippen molar-refractivity contribution in [2.45, 2.75) is 32.2 Å². The van der Waals surface area contributed by atoms with Crippen LogP contribution in [0, 0.1) is 12.7 Å². The average Bonchev–Trinajstić information content (AvgIpc) is 3.18. The van der Waals surface area contributed by atoms with Gasteiger partial charge in [0.1, 0.15) is 11.9 Å². The van der Waals surface area contributed by atoms with Gasteiger partial charge in [-0.05, 0) is 38.3 Å². The molecule has 5 nitrogen and oxygen atoms in total. The van der Waals surface area contributed by atoms with Crippen LogP contribution in [0.5, 0.6) is 0 Å². The molecule has 3 aromatic rings. The minimum absolute atomic E-state index is 0.0719. The van der Waals surface area contributed by atoms with E-state index in [1.807, 2.05) is 31.2 Å². The summed E-state index contributed by atoms with van der Waals surface area (Å²) in [4.78, 5) is 19.1. The van der Waals surface area contributed by atoms with Crippen LogP contribution in [0.2, 0.25) is 0 Å². The van der Waals surface area contributed by atoms with Gasteiger partial charge in [0.25, 0.3) is 5.91 Å². The molecule has 0 bridgehead atoms. The molecule has 1 fully saturated rings. The smallest absolute Gasteiger partial charge is 0.257 e. The summed E-state index contributed by atoms with van der Waals surface area (Å²) in [5.41, 5.74) is 2.08. The van der Waals surface area contributed by atoms with E-state index in [0.717, 1.165) is 30.4 Å². The number of nitrogens with zero attached hydrogens (tertiary/aromatic N) is 3. The zero-order valence-electron chi connectivity index (χ0n) is 15.1. The number of aryl methyl sites for hydroxylation is 1. The van der Waals surface area contributed by atoms with E-state index in [1.54, 1.807) is 17.0 Å². The van der Waals surface area contributed by atoms with E-state index >= 15 is 0 Å². The first-order chi connectivity index (χ1) is 13.1. The van der Waals surface area contributed by atoms with E-state index in [0.29, 0.717) is 18.3 Å². The van der Waals surface area contributed by atoms with Crippen LogP contribution >= 0.6 is 0 Å². The molecule has 138 valence electrons. The van der Waals surface area contributed by atoms with Crippen LogP contribution in [0.15, 0.2) is 53.1 Å². The molecule has 2 heterocycles. The minimum atomic E-state index is -0.516. The number of halogens is 1. The number of hydrogen-bond acceptors (Lipinski definition) is 4. The minimum Gasteiger partial charge on any atom is -0.337 e. The zero-order valence-corrected chi connectivity index (χ0v) is 15.1. The third-order valence-electron chi connectivity index (χ3n) is 4.90. The summed E-state index contributed by atoms with van der Waals surface area (Å²) >= 11 is 0. The van der Waals surface area contributed by atoms with Crippen molar-refractivity contribution >= 4 is 5.91 Å². The number of likely N-dealkylation sites (tertiary alicyclic amines) is 1. The standard InChI is InChI=1S/C21H20FN3O2/c1-14-9-11-15(12-10-14)19-23-20(27-24-19)18-8-4-5-13-25(18)21(26)16-6-2-3-7-17(16)22/h2-3,6-7,9-12,18H,4-5,8,13H2,1H3/t18-/m0/s1. The quantitative estimate of drug-likeness (QED) is 0.683. The van der Waals surface area contributed by atoms with E-state index in [1.165, 1.54) is 12.1 Å². The molecule has 1 amide bonds. The van der Waals surface area contributed by atoms with Crippen LogP contribution in [0.4, 0.5) is 4.39 Å². The van der Waals surface area contributed by atoms with Crippen molar-refractivity contribution in [3.05, 3.63) is 71.4 Å². The van der Waals surface area contributed by atoms with Crippen LogP contribution in [-0.4, -0.2) is 27.5 Å². The number of benzene rings is 2. The Labute approximate surface area is 156 Å². The van der Waals surface area contributed by atoms with Gasteiger partial charge in [-0.3, -0.25) is 4.79 Å². The monoisotopic (exact) mass is 365 g/mol. The number of carbonyl (C=O) groups excluding carboxylic acids is 1. The van der Waals surface area contributed by atoms with E-state index in [-0.39, 0.29) is 17.5 Å². The van der Waals surface area contributed by atoms with Crippen molar-refractivity contribution in [3.8, 4) is 11.4 Å². The zero-order chi connectivity index (χ0) is 18.8. The molecule has 4 rings (SSSR count).